The molecule has 1 aromatic carbocycles. The molecule has 0 spiro atoms. The van der Waals surface area contributed by atoms with Crippen LogP contribution in [0.15, 0.2) is 18.2 Å². The highest BCUT2D eigenvalue weighted by atomic mass is 19.4. The summed E-state index contributed by atoms with van der Waals surface area (Å²) >= 11 is 0. The molecule has 0 aliphatic carbocycles. The van der Waals surface area contributed by atoms with Gasteiger partial charge < -0.3 is 26.2 Å². The normalized spacial score (nSPS) is 12.0. The van der Waals surface area contributed by atoms with Crippen LogP contribution in [0.25, 0.3) is 0 Å². The fraction of sp³-hybridized carbons (Fsp3) is 0.273. The van der Waals surface area contributed by atoms with Crippen molar-refractivity contribution in [3.8, 4) is 11.5 Å². The van der Waals surface area contributed by atoms with Crippen molar-refractivity contribution in [2.75, 3.05) is 0 Å². The Morgan fingerprint density at radius 2 is 1.62 bits per heavy atom. The van der Waals surface area contributed by atoms with E-state index in [-0.39, 0.29) is 17.9 Å². The molecule has 118 valence electrons. The van der Waals surface area contributed by atoms with Crippen molar-refractivity contribution in [1.82, 2.24) is 0 Å². The average molecular weight is 311 g/mol. The Kier molecular flexibility index (Phi) is 6.46. The van der Waals surface area contributed by atoms with Gasteiger partial charge in [-0.15, -0.1) is 0 Å². The predicted molar refractivity (Wildman–Crippen MR) is 62.8 cm³/mol. The molecule has 0 bridgehead atoms. The molecule has 1 atom stereocenters. The molecule has 1 aromatic rings. The number of alkyl halides is 3. The van der Waals surface area contributed by atoms with Gasteiger partial charge in [0.15, 0.2) is 11.5 Å². The van der Waals surface area contributed by atoms with Gasteiger partial charge in [0.1, 0.15) is 6.04 Å². The molecular weight excluding hydrogens is 299 g/mol. The molecule has 0 aromatic heterocycles. The molecular formula is C11H12F3NO6. The number of nitrogens with two attached hydrogens (primary N) is 1. The van der Waals surface area contributed by atoms with Crippen LogP contribution in [0.2, 0.25) is 0 Å². The molecule has 0 saturated heterocycles. The highest BCUT2D eigenvalue weighted by molar-refractivity contribution is 5.73. The van der Waals surface area contributed by atoms with Crippen LogP contribution in [-0.4, -0.2) is 44.6 Å². The number of phenolic OH excluding ortho intramolecular Hbond substituents is 2. The van der Waals surface area contributed by atoms with Gasteiger partial charge in [0.25, 0.3) is 0 Å². The second kappa shape index (κ2) is 7.33. The molecule has 0 unspecified atom stereocenters. The van der Waals surface area contributed by atoms with E-state index in [0.29, 0.717) is 5.56 Å². The first-order valence-electron chi connectivity index (χ1n) is 5.24. The van der Waals surface area contributed by atoms with E-state index in [1.807, 2.05) is 0 Å². The number of halogens is 3. The molecule has 7 nitrogen and oxygen atoms in total. The third-order valence-electron chi connectivity index (χ3n) is 2.06. The Morgan fingerprint density at radius 1 is 1.14 bits per heavy atom. The molecule has 0 aliphatic rings. The summed E-state index contributed by atoms with van der Waals surface area (Å²) < 4.78 is 31.7. The molecule has 0 heterocycles. The summed E-state index contributed by atoms with van der Waals surface area (Å²) in [4.78, 5) is 19.3. The molecule has 6 N–H and O–H groups in total. The van der Waals surface area contributed by atoms with Crippen LogP contribution >= 0.6 is 0 Å². The maximum atomic E-state index is 10.6. The maximum absolute atomic E-state index is 10.6. The number of carboxylic acids is 2. The smallest absolute Gasteiger partial charge is 0.490 e. The van der Waals surface area contributed by atoms with Crippen molar-refractivity contribution in [2.24, 2.45) is 5.73 Å². The molecule has 21 heavy (non-hydrogen) atoms. The van der Waals surface area contributed by atoms with E-state index in [9.17, 15) is 18.0 Å². The van der Waals surface area contributed by atoms with E-state index >= 15 is 0 Å². The quantitative estimate of drug-likeness (QED) is 0.517. The Labute approximate surface area is 116 Å². The summed E-state index contributed by atoms with van der Waals surface area (Å²) in [6.07, 6.45) is -4.97. The second-order valence-electron chi connectivity index (χ2n) is 3.77. The standard InChI is InChI=1S/C9H11NO4.C2HF3O2/c10-6(9(13)14)3-5-1-2-7(11)8(12)4-5;3-2(4,5)1(6)7/h1-2,4,6,11-12H,3,10H2,(H,13,14);(H,6,7)/t6-;/m0./s1. The van der Waals surface area contributed by atoms with Crippen LogP contribution in [0.3, 0.4) is 0 Å². The SMILES string of the molecule is N[C@@H](Cc1ccc(O)c(O)c1)C(=O)O.O=C(O)C(F)(F)F. The zero-order valence-electron chi connectivity index (χ0n) is 10.3. The summed E-state index contributed by atoms with van der Waals surface area (Å²) in [6.45, 7) is 0. The van der Waals surface area contributed by atoms with E-state index in [2.05, 4.69) is 0 Å². The van der Waals surface area contributed by atoms with E-state index in [0.717, 1.165) is 0 Å². The van der Waals surface area contributed by atoms with Crippen molar-refractivity contribution in [3.05, 3.63) is 23.8 Å². The molecule has 10 heteroatoms. The van der Waals surface area contributed by atoms with E-state index < -0.39 is 24.2 Å². The highest BCUT2D eigenvalue weighted by Crippen LogP contribution is 2.25. The zero-order valence-corrected chi connectivity index (χ0v) is 10.3. The second-order valence-corrected chi connectivity index (χ2v) is 3.77. The van der Waals surface area contributed by atoms with Gasteiger partial charge in [-0.05, 0) is 24.1 Å². The summed E-state index contributed by atoms with van der Waals surface area (Å²) in [5, 5.41) is 33.8. The van der Waals surface area contributed by atoms with Gasteiger partial charge in [-0.2, -0.15) is 13.2 Å². The number of carboxylic acid groups (broad SMARTS) is 2. The summed E-state index contributed by atoms with van der Waals surface area (Å²) in [5.41, 5.74) is 5.86. The first-order chi connectivity index (χ1) is 9.45. The van der Waals surface area contributed by atoms with Crippen LogP contribution in [0.4, 0.5) is 13.2 Å². The van der Waals surface area contributed by atoms with Gasteiger partial charge in [-0.25, -0.2) is 4.79 Å². The molecule has 0 aliphatic heterocycles. The minimum absolute atomic E-state index is 0.114. The lowest BCUT2D eigenvalue weighted by atomic mass is 10.1. The zero-order chi connectivity index (χ0) is 16.8. The van der Waals surface area contributed by atoms with Crippen molar-refractivity contribution >= 4 is 11.9 Å². The van der Waals surface area contributed by atoms with Gasteiger partial charge in [0.2, 0.25) is 0 Å². The number of hydrogen-bond acceptors (Lipinski definition) is 5. The summed E-state index contributed by atoms with van der Waals surface area (Å²) in [7, 11) is 0. The summed E-state index contributed by atoms with van der Waals surface area (Å²) in [5.74, 6) is -4.37. The fourth-order valence-corrected chi connectivity index (χ4v) is 1.04. The van der Waals surface area contributed by atoms with Crippen molar-refractivity contribution in [1.29, 1.82) is 0 Å². The van der Waals surface area contributed by atoms with Gasteiger partial charge in [0, 0.05) is 0 Å². The lowest BCUT2D eigenvalue weighted by Crippen LogP contribution is -2.32. The third-order valence-corrected chi connectivity index (χ3v) is 2.06. The number of hydrogen-bond donors (Lipinski definition) is 5. The monoisotopic (exact) mass is 311 g/mol. The highest BCUT2D eigenvalue weighted by Gasteiger charge is 2.38. The minimum Gasteiger partial charge on any atom is -0.504 e. The predicted octanol–water partition coefficient (Wildman–Crippen LogP) is 0.686. The topological polar surface area (TPSA) is 141 Å². The number of rotatable bonds is 3. The van der Waals surface area contributed by atoms with Gasteiger partial charge in [0.05, 0.1) is 0 Å². The maximum Gasteiger partial charge on any atom is 0.490 e. The number of benzene rings is 1. The number of aromatic hydroxyl groups is 2. The van der Waals surface area contributed by atoms with Crippen molar-refractivity contribution in [2.45, 2.75) is 18.6 Å². The number of aliphatic carboxylic acids is 2. The van der Waals surface area contributed by atoms with Crippen LogP contribution in [0.5, 0.6) is 11.5 Å². The van der Waals surface area contributed by atoms with Crippen LogP contribution in [-0.2, 0) is 16.0 Å². The largest absolute Gasteiger partial charge is 0.504 e. The van der Waals surface area contributed by atoms with E-state index in [4.69, 9.17) is 31.0 Å². The number of carbonyl (C=O) groups is 2. The Balaban J connectivity index is 0.000000486. The first-order valence-corrected chi connectivity index (χ1v) is 5.24. The lowest BCUT2D eigenvalue weighted by Gasteiger charge is -2.06. The lowest BCUT2D eigenvalue weighted by molar-refractivity contribution is -0.192. The van der Waals surface area contributed by atoms with Gasteiger partial charge in [-0.1, -0.05) is 6.07 Å². The molecule has 0 saturated carbocycles. The van der Waals surface area contributed by atoms with E-state index in [1.165, 1.54) is 18.2 Å². The first kappa shape index (κ1) is 18.5. The molecule has 0 radical (unpaired) electrons. The van der Waals surface area contributed by atoms with Crippen LogP contribution in [0, 0.1) is 0 Å². The Bertz CT molecular complexity index is 517. The third kappa shape index (κ3) is 7.01. The minimum atomic E-state index is -5.08. The average Bonchev–Trinajstić information content (AvgIpc) is 2.33. The molecule has 0 amide bonds. The number of phenols is 2. The van der Waals surface area contributed by atoms with Crippen molar-refractivity contribution in [3.63, 3.8) is 0 Å². The molecule has 1 rings (SSSR count). The van der Waals surface area contributed by atoms with E-state index in [1.54, 1.807) is 0 Å². The Hall–Kier alpha value is -2.49. The van der Waals surface area contributed by atoms with Gasteiger partial charge in [-0.3, -0.25) is 4.79 Å². The van der Waals surface area contributed by atoms with Crippen LogP contribution in [0.1, 0.15) is 5.56 Å². The fourth-order valence-electron chi connectivity index (χ4n) is 1.04. The van der Waals surface area contributed by atoms with Gasteiger partial charge >= 0.3 is 18.1 Å². The summed E-state index contributed by atoms with van der Waals surface area (Å²) in [6, 6.07) is 3.09. The van der Waals surface area contributed by atoms with Crippen LogP contribution < -0.4 is 5.73 Å². The van der Waals surface area contributed by atoms with Crippen molar-refractivity contribution < 1.29 is 43.2 Å². The molecule has 0 fully saturated rings. The Morgan fingerprint density at radius 3 is 1.95 bits per heavy atom.